The molecule has 0 amide bonds. The van der Waals surface area contributed by atoms with Gasteiger partial charge in [-0.25, -0.2) is 17.4 Å². The third kappa shape index (κ3) is 6.31. The van der Waals surface area contributed by atoms with E-state index >= 15 is 0 Å². The van der Waals surface area contributed by atoms with Gasteiger partial charge in [0.2, 0.25) is 10.0 Å². The number of halogens is 1. The van der Waals surface area contributed by atoms with Crippen LogP contribution in [-0.4, -0.2) is 54.1 Å². The molecule has 2 N–H and O–H groups in total. The van der Waals surface area contributed by atoms with Crippen LogP contribution in [0.25, 0.3) is 0 Å². The van der Waals surface area contributed by atoms with Gasteiger partial charge in [-0.3, -0.25) is 4.98 Å². The summed E-state index contributed by atoms with van der Waals surface area (Å²) in [5.74, 6) is -0.555. The van der Waals surface area contributed by atoms with Crippen LogP contribution >= 0.6 is 7.60 Å². The number of nitrogens with one attached hydrogen (secondary N) is 1. The average molecular weight is 370 g/mol. The SMILES string of the molecule is O=P(O)(CNS(=O)(=O)c1ccc(F)cc1)Oc1cccnc1.[NaH]. The first kappa shape index (κ1) is 20.2. The number of benzene rings is 1. The molecule has 0 aliphatic carbocycles. The molecule has 1 aromatic heterocycles. The van der Waals surface area contributed by atoms with Crippen LogP contribution in [0.2, 0.25) is 0 Å². The van der Waals surface area contributed by atoms with E-state index in [-0.39, 0.29) is 40.2 Å². The van der Waals surface area contributed by atoms with Gasteiger partial charge < -0.3 is 9.42 Å². The first-order valence-corrected chi connectivity index (χ1v) is 9.20. The number of nitrogens with zero attached hydrogens (tertiary/aromatic N) is 1. The van der Waals surface area contributed by atoms with Crippen molar-refractivity contribution < 1.29 is 26.8 Å². The summed E-state index contributed by atoms with van der Waals surface area (Å²) in [6.07, 6.45) is 1.84. The van der Waals surface area contributed by atoms with Crippen LogP contribution in [0.1, 0.15) is 0 Å². The van der Waals surface area contributed by atoms with E-state index in [1.807, 2.05) is 4.72 Å². The summed E-state index contributed by atoms with van der Waals surface area (Å²) < 4.78 is 55.2. The van der Waals surface area contributed by atoms with E-state index in [4.69, 9.17) is 4.52 Å². The normalized spacial score (nSPS) is 13.7. The number of hydrogen-bond donors (Lipinski definition) is 2. The molecule has 1 unspecified atom stereocenters. The molecule has 1 heterocycles. The standard InChI is InChI=1S/C12H12FN2O5PS.Na.H/c13-10-3-5-12(6-4-10)22(18,19)15-9-21(16,17)20-11-2-1-7-14-8-11;;/h1-8,15H,9H2,(H,16,17);;. The Hall–Kier alpha value is -0.800. The molecule has 0 bridgehead atoms. The Morgan fingerprint density at radius 2 is 1.91 bits per heavy atom. The summed E-state index contributed by atoms with van der Waals surface area (Å²) in [5.41, 5.74) is 0. The number of pyridine rings is 1. The number of hydrogen-bond acceptors (Lipinski definition) is 5. The van der Waals surface area contributed by atoms with E-state index in [2.05, 4.69) is 4.98 Å². The molecule has 1 atom stereocenters. The quantitative estimate of drug-likeness (QED) is 0.582. The number of aromatic nitrogens is 1. The van der Waals surface area contributed by atoms with Crippen molar-refractivity contribution in [3.05, 3.63) is 54.6 Å². The second-order valence-electron chi connectivity index (χ2n) is 4.18. The summed E-state index contributed by atoms with van der Waals surface area (Å²) in [5, 5.41) is 0. The molecule has 11 heteroatoms. The predicted octanol–water partition coefficient (Wildman–Crippen LogP) is 1.07. The zero-order chi connectivity index (χ0) is 16.2. The molecule has 0 fully saturated rings. The Morgan fingerprint density at radius 1 is 1.26 bits per heavy atom. The van der Waals surface area contributed by atoms with Crippen molar-refractivity contribution in [1.29, 1.82) is 0 Å². The Kier molecular flexibility index (Phi) is 7.34. The van der Waals surface area contributed by atoms with Crippen LogP contribution < -0.4 is 9.25 Å². The van der Waals surface area contributed by atoms with Gasteiger partial charge in [-0.1, -0.05) is 0 Å². The van der Waals surface area contributed by atoms with E-state index in [0.29, 0.717) is 0 Å². The summed E-state index contributed by atoms with van der Waals surface area (Å²) >= 11 is 0. The molecule has 23 heavy (non-hydrogen) atoms. The van der Waals surface area contributed by atoms with Gasteiger partial charge in [0.05, 0.1) is 11.1 Å². The van der Waals surface area contributed by atoms with Gasteiger partial charge in [0.1, 0.15) is 17.9 Å². The fourth-order valence-electron chi connectivity index (χ4n) is 1.46. The summed E-state index contributed by atoms with van der Waals surface area (Å²) in [4.78, 5) is 13.1. The molecule has 0 saturated heterocycles. The van der Waals surface area contributed by atoms with E-state index in [0.717, 1.165) is 24.3 Å². The van der Waals surface area contributed by atoms with Gasteiger partial charge >= 0.3 is 37.2 Å². The third-order valence-electron chi connectivity index (χ3n) is 2.46. The molecule has 7 nitrogen and oxygen atoms in total. The van der Waals surface area contributed by atoms with Gasteiger partial charge in [-0.05, 0) is 36.4 Å². The van der Waals surface area contributed by atoms with Crippen LogP contribution in [0.3, 0.4) is 0 Å². The van der Waals surface area contributed by atoms with Crippen molar-refractivity contribution in [2.24, 2.45) is 0 Å². The van der Waals surface area contributed by atoms with Crippen molar-refractivity contribution in [3.8, 4) is 5.75 Å². The zero-order valence-electron chi connectivity index (χ0n) is 11.1. The van der Waals surface area contributed by atoms with Crippen LogP contribution in [-0.2, 0) is 14.6 Å². The molecule has 120 valence electrons. The summed E-state index contributed by atoms with van der Waals surface area (Å²) in [6, 6.07) is 6.94. The zero-order valence-corrected chi connectivity index (χ0v) is 12.8. The van der Waals surface area contributed by atoms with Gasteiger partial charge in [0.25, 0.3) is 0 Å². The first-order valence-electron chi connectivity index (χ1n) is 5.95. The predicted molar refractivity (Wildman–Crippen MR) is 83.4 cm³/mol. The van der Waals surface area contributed by atoms with Crippen molar-refractivity contribution in [3.63, 3.8) is 0 Å². The van der Waals surface area contributed by atoms with Crippen LogP contribution in [0.15, 0.2) is 53.7 Å². The van der Waals surface area contributed by atoms with Crippen molar-refractivity contribution >= 4 is 47.2 Å². The first-order chi connectivity index (χ1) is 10.3. The second kappa shape index (κ2) is 8.34. The molecule has 2 aromatic rings. The molecular weight excluding hydrogens is 357 g/mol. The average Bonchev–Trinajstić information content (AvgIpc) is 2.47. The number of rotatable bonds is 6. The topological polar surface area (TPSA) is 106 Å². The molecule has 0 saturated carbocycles. The Balaban J connectivity index is 0.00000264. The molecule has 2 rings (SSSR count). The third-order valence-corrected chi connectivity index (χ3v) is 5.15. The maximum atomic E-state index is 12.8. The molecular formula is C12H13FN2NaO5PS. The minimum atomic E-state index is -4.25. The molecule has 0 spiro atoms. The molecule has 0 radical (unpaired) electrons. The maximum absolute atomic E-state index is 12.8. The van der Waals surface area contributed by atoms with Gasteiger partial charge in [-0.15, -0.1) is 0 Å². The Bertz CT molecular complexity index is 789. The summed E-state index contributed by atoms with van der Waals surface area (Å²) in [6.45, 7) is 0. The van der Waals surface area contributed by atoms with Gasteiger partial charge in [0, 0.05) is 6.20 Å². The van der Waals surface area contributed by atoms with E-state index in [9.17, 15) is 22.3 Å². The van der Waals surface area contributed by atoms with Crippen LogP contribution in [0, 0.1) is 5.82 Å². The molecule has 0 aliphatic heterocycles. The number of sulfonamides is 1. The summed E-state index contributed by atoms with van der Waals surface area (Å²) in [7, 11) is -8.29. The fraction of sp³-hybridized carbons (Fsp3) is 0.0833. The van der Waals surface area contributed by atoms with E-state index in [1.54, 1.807) is 0 Å². The Labute approximate surface area is 154 Å². The van der Waals surface area contributed by atoms with Gasteiger partial charge in [0.15, 0.2) is 0 Å². The van der Waals surface area contributed by atoms with Crippen LogP contribution in [0.4, 0.5) is 4.39 Å². The van der Waals surface area contributed by atoms with Crippen molar-refractivity contribution in [2.75, 3.05) is 6.29 Å². The minimum absolute atomic E-state index is 0. The van der Waals surface area contributed by atoms with E-state index in [1.165, 1.54) is 24.5 Å². The van der Waals surface area contributed by atoms with Crippen molar-refractivity contribution in [2.45, 2.75) is 4.90 Å². The molecule has 0 aliphatic rings. The monoisotopic (exact) mass is 370 g/mol. The van der Waals surface area contributed by atoms with Crippen LogP contribution in [0.5, 0.6) is 5.75 Å². The molecule has 1 aromatic carbocycles. The second-order valence-corrected chi connectivity index (χ2v) is 7.72. The van der Waals surface area contributed by atoms with E-state index < -0.39 is 29.7 Å². The van der Waals surface area contributed by atoms with Crippen molar-refractivity contribution in [1.82, 2.24) is 9.71 Å². The van der Waals surface area contributed by atoms with Gasteiger partial charge in [-0.2, -0.15) is 4.72 Å². The Morgan fingerprint density at radius 3 is 2.48 bits per heavy atom. The fourth-order valence-corrected chi connectivity index (χ4v) is 3.96.